The molecule has 0 saturated carbocycles. The summed E-state index contributed by atoms with van der Waals surface area (Å²) in [4.78, 5) is 39.4. The molecule has 124 valence electrons. The molecule has 1 aliphatic heterocycles. The molecule has 8 heteroatoms. The van der Waals surface area contributed by atoms with E-state index in [0.717, 1.165) is 19.8 Å². The van der Waals surface area contributed by atoms with Crippen molar-refractivity contribution in [2.75, 3.05) is 27.4 Å². The van der Waals surface area contributed by atoms with Gasteiger partial charge in [0.15, 0.2) is 0 Å². The molecule has 1 fully saturated rings. The lowest BCUT2D eigenvalue weighted by Gasteiger charge is -2.23. The van der Waals surface area contributed by atoms with E-state index in [-0.39, 0.29) is 13.2 Å². The first kappa shape index (κ1) is 17.4. The van der Waals surface area contributed by atoms with Gasteiger partial charge in [0.05, 0.1) is 13.8 Å². The third kappa shape index (κ3) is 3.53. The van der Waals surface area contributed by atoms with Gasteiger partial charge in [-0.15, -0.1) is 0 Å². The van der Waals surface area contributed by atoms with Gasteiger partial charge in [-0.05, 0) is 32.2 Å². The molecule has 0 radical (unpaired) electrons. The highest BCUT2D eigenvalue weighted by Gasteiger charge is 2.43. The number of carbonyl (C=O) groups excluding carboxylic acids is 3. The summed E-state index contributed by atoms with van der Waals surface area (Å²) in [6.07, 6.45) is 0. The Labute approximate surface area is 142 Å². The first-order valence-corrected chi connectivity index (χ1v) is 7.86. The minimum atomic E-state index is -0.787. The predicted octanol–water partition coefficient (Wildman–Crippen LogP) is 1.66. The molecule has 0 spiro atoms. The number of urea groups is 1. The van der Waals surface area contributed by atoms with Crippen molar-refractivity contribution in [3.8, 4) is 5.75 Å². The Hall–Kier alpha value is -1.93. The number of hydrogen-bond acceptors (Lipinski definition) is 5. The van der Waals surface area contributed by atoms with Crippen LogP contribution in [-0.2, 0) is 16.1 Å². The number of carbonyl (C=O) groups is 3. The first-order valence-electron chi connectivity index (χ1n) is 7.07. The van der Waals surface area contributed by atoms with Crippen LogP contribution in [0.15, 0.2) is 22.7 Å². The summed E-state index contributed by atoms with van der Waals surface area (Å²) in [5.41, 5.74) is 0.905. The number of hydrogen-bond donors (Lipinski definition) is 0. The second-order valence-electron chi connectivity index (χ2n) is 5.18. The van der Waals surface area contributed by atoms with Crippen molar-refractivity contribution in [1.82, 2.24) is 14.7 Å². The zero-order valence-electron chi connectivity index (χ0n) is 13.2. The van der Waals surface area contributed by atoms with Gasteiger partial charge in [0.2, 0.25) is 0 Å². The van der Waals surface area contributed by atoms with Gasteiger partial charge in [-0.2, -0.15) is 0 Å². The normalized spacial score (nSPS) is 15.1. The molecule has 0 unspecified atom stereocenters. The van der Waals surface area contributed by atoms with Crippen molar-refractivity contribution < 1.29 is 19.1 Å². The van der Waals surface area contributed by atoms with Gasteiger partial charge in [-0.25, -0.2) is 9.69 Å². The van der Waals surface area contributed by atoms with Crippen molar-refractivity contribution in [1.29, 1.82) is 0 Å². The van der Waals surface area contributed by atoms with Gasteiger partial charge in [0.25, 0.3) is 0 Å². The van der Waals surface area contributed by atoms with Gasteiger partial charge >= 0.3 is 17.8 Å². The zero-order chi connectivity index (χ0) is 17.1. The molecule has 0 aromatic heterocycles. The number of amides is 4. The Balaban J connectivity index is 2.10. The van der Waals surface area contributed by atoms with E-state index in [1.165, 1.54) is 0 Å². The van der Waals surface area contributed by atoms with Crippen LogP contribution in [0.3, 0.4) is 0 Å². The van der Waals surface area contributed by atoms with Crippen LogP contribution < -0.4 is 4.74 Å². The van der Waals surface area contributed by atoms with E-state index < -0.39 is 17.8 Å². The van der Waals surface area contributed by atoms with E-state index in [0.29, 0.717) is 12.3 Å². The fraction of sp³-hybridized carbons (Fsp3) is 0.400. The molecule has 1 aliphatic rings. The van der Waals surface area contributed by atoms with E-state index in [1.807, 2.05) is 18.2 Å². The Morgan fingerprint density at radius 1 is 1.17 bits per heavy atom. The molecule has 2 rings (SSSR count). The molecule has 23 heavy (non-hydrogen) atoms. The van der Waals surface area contributed by atoms with E-state index in [4.69, 9.17) is 4.74 Å². The van der Waals surface area contributed by atoms with Crippen molar-refractivity contribution in [3.05, 3.63) is 28.2 Å². The number of halogens is 1. The number of methoxy groups -OCH3 is 1. The summed E-state index contributed by atoms with van der Waals surface area (Å²) >= 11 is 3.40. The maximum Gasteiger partial charge on any atom is 0.335 e. The average molecular weight is 384 g/mol. The van der Waals surface area contributed by atoms with Gasteiger partial charge in [-0.1, -0.05) is 15.9 Å². The fourth-order valence-electron chi connectivity index (χ4n) is 2.41. The summed E-state index contributed by atoms with van der Waals surface area (Å²) in [6, 6.07) is 5.04. The van der Waals surface area contributed by atoms with Crippen molar-refractivity contribution in [2.24, 2.45) is 0 Å². The lowest BCUT2D eigenvalue weighted by atomic mass is 10.2. The number of benzene rings is 1. The highest BCUT2D eigenvalue weighted by Crippen LogP contribution is 2.24. The summed E-state index contributed by atoms with van der Waals surface area (Å²) < 4.78 is 6.21. The highest BCUT2D eigenvalue weighted by molar-refractivity contribution is 9.10. The van der Waals surface area contributed by atoms with Crippen LogP contribution in [0.1, 0.15) is 12.5 Å². The molecule has 1 saturated heterocycles. The van der Waals surface area contributed by atoms with Crippen molar-refractivity contribution in [2.45, 2.75) is 13.5 Å². The SMILES string of the molecule is CCN1C(=O)C(=O)N(CN(C)Cc2cc(Br)ccc2OC)C1=O. The maximum atomic E-state index is 12.1. The lowest BCUT2D eigenvalue weighted by molar-refractivity contribution is -0.143. The Morgan fingerprint density at radius 2 is 1.83 bits per heavy atom. The predicted molar refractivity (Wildman–Crippen MR) is 86.7 cm³/mol. The monoisotopic (exact) mass is 383 g/mol. The van der Waals surface area contributed by atoms with Crippen LogP contribution >= 0.6 is 15.9 Å². The molecule has 1 aromatic rings. The van der Waals surface area contributed by atoms with E-state index in [9.17, 15) is 14.4 Å². The van der Waals surface area contributed by atoms with Gasteiger partial charge in [0.1, 0.15) is 5.75 Å². The highest BCUT2D eigenvalue weighted by atomic mass is 79.9. The number of rotatable bonds is 6. The molecule has 0 aliphatic carbocycles. The quantitative estimate of drug-likeness (QED) is 0.551. The van der Waals surface area contributed by atoms with Crippen LogP contribution in [-0.4, -0.2) is 59.9 Å². The summed E-state index contributed by atoms with van der Waals surface area (Å²) in [5, 5.41) is 0. The topological polar surface area (TPSA) is 70.2 Å². The van der Waals surface area contributed by atoms with Crippen molar-refractivity contribution in [3.63, 3.8) is 0 Å². The zero-order valence-corrected chi connectivity index (χ0v) is 14.8. The fourth-order valence-corrected chi connectivity index (χ4v) is 2.82. The molecule has 0 atom stereocenters. The smallest absolute Gasteiger partial charge is 0.335 e. The van der Waals surface area contributed by atoms with Crippen LogP contribution in [0.4, 0.5) is 4.79 Å². The number of nitrogens with zero attached hydrogens (tertiary/aromatic N) is 3. The average Bonchev–Trinajstić information content (AvgIpc) is 2.71. The second kappa shape index (κ2) is 7.10. The summed E-state index contributed by atoms with van der Waals surface area (Å²) in [6.45, 7) is 2.33. The minimum Gasteiger partial charge on any atom is -0.496 e. The lowest BCUT2D eigenvalue weighted by Crippen LogP contribution is -2.40. The number of ether oxygens (including phenoxy) is 1. The molecule has 0 N–H and O–H groups in total. The second-order valence-corrected chi connectivity index (χ2v) is 6.09. The van der Waals surface area contributed by atoms with E-state index in [2.05, 4.69) is 15.9 Å². The van der Waals surface area contributed by atoms with Crippen LogP contribution in [0.25, 0.3) is 0 Å². The number of imide groups is 2. The first-order chi connectivity index (χ1) is 10.9. The van der Waals surface area contributed by atoms with Gasteiger partial charge in [0, 0.05) is 23.1 Å². The van der Waals surface area contributed by atoms with Crippen LogP contribution in [0, 0.1) is 0 Å². The molecule has 1 aromatic carbocycles. The Bertz CT molecular complexity index is 650. The molecular weight excluding hydrogens is 366 g/mol. The molecular formula is C15H18BrN3O4. The van der Waals surface area contributed by atoms with E-state index in [1.54, 1.807) is 26.0 Å². The van der Waals surface area contributed by atoms with Gasteiger partial charge in [-0.3, -0.25) is 19.4 Å². The Kier molecular flexibility index (Phi) is 5.38. The van der Waals surface area contributed by atoms with Crippen molar-refractivity contribution >= 4 is 33.8 Å². The molecule has 1 heterocycles. The third-order valence-electron chi connectivity index (χ3n) is 3.52. The molecule has 0 bridgehead atoms. The van der Waals surface area contributed by atoms with Gasteiger partial charge < -0.3 is 4.74 Å². The maximum absolute atomic E-state index is 12.1. The summed E-state index contributed by atoms with van der Waals surface area (Å²) in [5.74, 6) is -0.846. The minimum absolute atomic E-state index is 0.0373. The van der Waals surface area contributed by atoms with E-state index >= 15 is 0 Å². The molecule has 4 amide bonds. The third-order valence-corrected chi connectivity index (χ3v) is 4.01. The van der Waals surface area contributed by atoms with Crippen LogP contribution in [0.2, 0.25) is 0 Å². The van der Waals surface area contributed by atoms with Crippen LogP contribution in [0.5, 0.6) is 5.75 Å². The molecule has 7 nitrogen and oxygen atoms in total. The largest absolute Gasteiger partial charge is 0.496 e. The summed E-state index contributed by atoms with van der Waals surface area (Å²) in [7, 11) is 3.35. The standard InChI is InChI=1S/C15H18BrN3O4/c1-4-18-13(20)14(21)19(15(18)22)9-17(2)8-10-7-11(16)5-6-12(10)23-3/h5-7H,4,8-9H2,1-3H3. The number of likely N-dealkylation sites (N-methyl/N-ethyl adjacent to an activating group) is 1. The Morgan fingerprint density at radius 3 is 2.39 bits per heavy atom.